The summed E-state index contributed by atoms with van der Waals surface area (Å²) in [6.07, 6.45) is 0.00796. The summed E-state index contributed by atoms with van der Waals surface area (Å²) < 4.78 is 17.5. The van der Waals surface area contributed by atoms with Crippen LogP contribution in [0.15, 0.2) is 29.4 Å². The van der Waals surface area contributed by atoms with E-state index in [1.165, 1.54) is 18.2 Å². The lowest BCUT2D eigenvalue weighted by Gasteiger charge is -2.02. The van der Waals surface area contributed by atoms with Crippen LogP contribution >= 0.6 is 0 Å². The first-order valence-corrected chi connectivity index (χ1v) is 4.63. The van der Waals surface area contributed by atoms with Crippen LogP contribution in [0.3, 0.4) is 0 Å². The Bertz CT molecular complexity index is 416. The van der Waals surface area contributed by atoms with Gasteiger partial charge in [0.2, 0.25) is 0 Å². The number of hydrogen-bond acceptors (Lipinski definition) is 3. The highest BCUT2D eigenvalue weighted by Crippen LogP contribution is 2.04. The summed E-state index contributed by atoms with van der Waals surface area (Å²) in [7, 11) is 0. The molecular formula is C10H10FN3O2. The second-order valence-corrected chi connectivity index (χ2v) is 2.98. The van der Waals surface area contributed by atoms with Crippen molar-refractivity contribution < 1.29 is 13.9 Å². The van der Waals surface area contributed by atoms with Crippen molar-refractivity contribution in [2.45, 2.75) is 6.42 Å². The number of carbonyl (C=O) groups excluding carboxylic acids is 1. The summed E-state index contributed by atoms with van der Waals surface area (Å²) >= 11 is 0. The summed E-state index contributed by atoms with van der Waals surface area (Å²) in [5.74, 6) is -0.863. The highest BCUT2D eigenvalue weighted by molar-refractivity contribution is 5.72. The van der Waals surface area contributed by atoms with Crippen molar-refractivity contribution in [2.75, 3.05) is 13.2 Å². The third-order valence-electron chi connectivity index (χ3n) is 1.76. The van der Waals surface area contributed by atoms with Gasteiger partial charge in [-0.1, -0.05) is 17.2 Å². The van der Waals surface area contributed by atoms with Gasteiger partial charge in [-0.3, -0.25) is 4.79 Å². The molecule has 0 unspecified atom stereocenters. The van der Waals surface area contributed by atoms with Crippen LogP contribution in [0.2, 0.25) is 0 Å². The Labute approximate surface area is 91.5 Å². The fraction of sp³-hybridized carbons (Fsp3) is 0.300. The summed E-state index contributed by atoms with van der Waals surface area (Å²) in [6, 6.07) is 5.74. The van der Waals surface area contributed by atoms with Crippen LogP contribution in [0.1, 0.15) is 5.56 Å². The molecule has 84 valence electrons. The average Bonchev–Trinajstić information content (AvgIpc) is 2.24. The number of azide groups is 1. The number of benzene rings is 1. The Balaban J connectivity index is 2.36. The van der Waals surface area contributed by atoms with E-state index in [0.717, 1.165) is 0 Å². The summed E-state index contributed by atoms with van der Waals surface area (Å²) in [5.41, 5.74) is 8.52. The van der Waals surface area contributed by atoms with E-state index in [1.807, 2.05) is 0 Å². The minimum atomic E-state index is -0.473. The molecule has 0 aromatic heterocycles. The van der Waals surface area contributed by atoms with E-state index in [1.54, 1.807) is 6.07 Å². The zero-order chi connectivity index (χ0) is 11.8. The monoisotopic (exact) mass is 223 g/mol. The van der Waals surface area contributed by atoms with Gasteiger partial charge in [-0.15, -0.1) is 0 Å². The maximum absolute atomic E-state index is 12.8. The standard InChI is InChI=1S/C10H10FN3O2/c11-9-3-1-2-8(6-9)7-10(15)16-5-4-13-14-12/h1-3,6H,4-5,7H2. The van der Waals surface area contributed by atoms with Crippen molar-refractivity contribution in [3.63, 3.8) is 0 Å². The maximum Gasteiger partial charge on any atom is 0.310 e. The number of nitrogens with zero attached hydrogens (tertiary/aromatic N) is 3. The molecule has 0 atom stereocenters. The van der Waals surface area contributed by atoms with Crippen LogP contribution in [-0.2, 0) is 16.0 Å². The molecule has 0 N–H and O–H groups in total. The van der Waals surface area contributed by atoms with Gasteiger partial charge in [0.25, 0.3) is 0 Å². The number of halogens is 1. The molecule has 0 fully saturated rings. The van der Waals surface area contributed by atoms with E-state index in [-0.39, 0.29) is 25.4 Å². The molecule has 0 aliphatic rings. The molecule has 6 heteroatoms. The van der Waals surface area contributed by atoms with Crippen LogP contribution < -0.4 is 0 Å². The molecule has 0 bridgehead atoms. The van der Waals surface area contributed by atoms with Crippen LogP contribution in [0.5, 0.6) is 0 Å². The van der Waals surface area contributed by atoms with Crippen molar-refractivity contribution in [3.05, 3.63) is 46.1 Å². The minimum absolute atomic E-state index is 0.00796. The van der Waals surface area contributed by atoms with Gasteiger partial charge in [-0.2, -0.15) is 0 Å². The molecule has 0 radical (unpaired) electrons. The molecule has 1 aromatic rings. The van der Waals surface area contributed by atoms with Crippen molar-refractivity contribution in [3.8, 4) is 0 Å². The summed E-state index contributed by atoms with van der Waals surface area (Å²) in [6.45, 7) is 0.142. The van der Waals surface area contributed by atoms with Gasteiger partial charge in [0, 0.05) is 4.91 Å². The highest BCUT2D eigenvalue weighted by Gasteiger charge is 2.04. The van der Waals surface area contributed by atoms with Gasteiger partial charge in [-0.05, 0) is 23.2 Å². The number of rotatable bonds is 5. The smallest absolute Gasteiger partial charge is 0.310 e. The van der Waals surface area contributed by atoms with E-state index in [0.29, 0.717) is 5.56 Å². The summed E-state index contributed by atoms with van der Waals surface area (Å²) in [4.78, 5) is 13.7. The van der Waals surface area contributed by atoms with E-state index in [9.17, 15) is 9.18 Å². The molecule has 0 spiro atoms. The lowest BCUT2D eigenvalue weighted by atomic mass is 10.1. The van der Waals surface area contributed by atoms with Gasteiger partial charge >= 0.3 is 5.97 Å². The van der Waals surface area contributed by atoms with Gasteiger partial charge in [0.15, 0.2) is 0 Å². The Morgan fingerprint density at radius 2 is 2.38 bits per heavy atom. The molecule has 0 heterocycles. The molecule has 0 saturated heterocycles. The SMILES string of the molecule is [N-]=[N+]=NCCOC(=O)Cc1cccc(F)c1. The van der Waals surface area contributed by atoms with Crippen LogP contribution in [0.25, 0.3) is 10.4 Å². The molecule has 0 aliphatic heterocycles. The Kier molecular flexibility index (Phi) is 4.82. The number of hydrogen-bond donors (Lipinski definition) is 0. The Morgan fingerprint density at radius 1 is 1.56 bits per heavy atom. The van der Waals surface area contributed by atoms with Crippen molar-refractivity contribution in [2.24, 2.45) is 5.11 Å². The van der Waals surface area contributed by atoms with Crippen molar-refractivity contribution >= 4 is 5.97 Å². The first-order valence-electron chi connectivity index (χ1n) is 4.63. The largest absolute Gasteiger partial charge is 0.465 e. The molecule has 0 aliphatic carbocycles. The third-order valence-corrected chi connectivity index (χ3v) is 1.76. The normalized spacial score (nSPS) is 9.31. The topological polar surface area (TPSA) is 75.1 Å². The van der Waals surface area contributed by atoms with E-state index in [2.05, 4.69) is 10.0 Å². The Morgan fingerprint density at radius 3 is 3.06 bits per heavy atom. The first kappa shape index (κ1) is 12.0. The van der Waals surface area contributed by atoms with Crippen molar-refractivity contribution in [1.82, 2.24) is 0 Å². The predicted molar refractivity (Wildman–Crippen MR) is 55.1 cm³/mol. The van der Waals surface area contributed by atoms with Gasteiger partial charge < -0.3 is 4.74 Å². The van der Waals surface area contributed by atoms with Gasteiger partial charge in [0.1, 0.15) is 5.82 Å². The molecule has 16 heavy (non-hydrogen) atoms. The second kappa shape index (κ2) is 6.42. The summed E-state index contributed by atoms with van der Waals surface area (Å²) in [5, 5.41) is 3.21. The lowest BCUT2D eigenvalue weighted by Crippen LogP contribution is -2.10. The van der Waals surface area contributed by atoms with Crippen LogP contribution in [0.4, 0.5) is 4.39 Å². The van der Waals surface area contributed by atoms with E-state index in [4.69, 9.17) is 10.3 Å². The van der Waals surface area contributed by atoms with Crippen LogP contribution in [0, 0.1) is 5.82 Å². The number of esters is 1. The van der Waals surface area contributed by atoms with E-state index >= 15 is 0 Å². The fourth-order valence-electron chi connectivity index (χ4n) is 1.11. The third kappa shape index (κ3) is 4.43. The first-order chi connectivity index (χ1) is 7.72. The van der Waals surface area contributed by atoms with Gasteiger partial charge in [0.05, 0.1) is 19.6 Å². The predicted octanol–water partition coefficient (Wildman–Crippen LogP) is 2.22. The minimum Gasteiger partial charge on any atom is -0.465 e. The van der Waals surface area contributed by atoms with E-state index < -0.39 is 5.97 Å². The Hall–Kier alpha value is -2.07. The fourth-order valence-corrected chi connectivity index (χ4v) is 1.11. The second-order valence-electron chi connectivity index (χ2n) is 2.98. The number of carbonyl (C=O) groups is 1. The molecule has 1 aromatic carbocycles. The quantitative estimate of drug-likeness (QED) is 0.252. The lowest BCUT2D eigenvalue weighted by molar-refractivity contribution is -0.142. The number of ether oxygens (including phenoxy) is 1. The average molecular weight is 223 g/mol. The molecule has 5 nitrogen and oxygen atoms in total. The van der Waals surface area contributed by atoms with Gasteiger partial charge in [-0.25, -0.2) is 4.39 Å². The highest BCUT2D eigenvalue weighted by atomic mass is 19.1. The molecule has 0 amide bonds. The van der Waals surface area contributed by atoms with Crippen molar-refractivity contribution in [1.29, 1.82) is 0 Å². The molecule has 0 saturated carbocycles. The maximum atomic E-state index is 12.8. The zero-order valence-corrected chi connectivity index (χ0v) is 8.47. The molecular weight excluding hydrogens is 213 g/mol. The van der Waals surface area contributed by atoms with Crippen LogP contribution in [-0.4, -0.2) is 19.1 Å². The molecule has 1 rings (SSSR count). The zero-order valence-electron chi connectivity index (χ0n) is 8.47.